The summed E-state index contributed by atoms with van der Waals surface area (Å²) in [6.07, 6.45) is -1.02. The molecule has 0 heterocycles. The number of nitro benzene ring substituents is 1. The van der Waals surface area contributed by atoms with Crippen molar-refractivity contribution in [3.8, 4) is 0 Å². The lowest BCUT2D eigenvalue weighted by atomic mass is 10.1. The smallest absolute Gasteiger partial charge is 0.308 e. The summed E-state index contributed by atoms with van der Waals surface area (Å²) in [7, 11) is 2.60. The minimum Gasteiger partial charge on any atom is -0.389 e. The molecule has 9 heteroatoms. The van der Waals surface area contributed by atoms with Gasteiger partial charge in [-0.1, -0.05) is 0 Å². The first-order chi connectivity index (χ1) is 9.77. The zero-order chi connectivity index (χ0) is 16.2. The molecule has 1 amide bonds. The van der Waals surface area contributed by atoms with Gasteiger partial charge in [0.2, 0.25) is 5.82 Å². The van der Waals surface area contributed by atoms with Crippen molar-refractivity contribution >= 4 is 11.6 Å². The number of nitrogens with zero attached hydrogens (tertiary/aromatic N) is 2. The van der Waals surface area contributed by atoms with E-state index in [4.69, 9.17) is 0 Å². The van der Waals surface area contributed by atoms with E-state index in [0.29, 0.717) is 12.1 Å². The van der Waals surface area contributed by atoms with Gasteiger partial charge < -0.3 is 14.7 Å². The molecule has 0 radical (unpaired) electrons. The van der Waals surface area contributed by atoms with Gasteiger partial charge in [-0.15, -0.1) is 0 Å². The molecule has 21 heavy (non-hydrogen) atoms. The second-order valence-electron chi connectivity index (χ2n) is 4.34. The second kappa shape index (κ2) is 7.04. The number of methoxy groups -OCH3 is 1. The van der Waals surface area contributed by atoms with Crippen molar-refractivity contribution in [2.24, 2.45) is 0 Å². The van der Waals surface area contributed by atoms with Crippen molar-refractivity contribution in [3.63, 3.8) is 0 Å². The molecule has 7 nitrogen and oxygen atoms in total. The van der Waals surface area contributed by atoms with Crippen LogP contribution in [0.2, 0.25) is 0 Å². The average molecular weight is 304 g/mol. The Morgan fingerprint density at radius 1 is 1.52 bits per heavy atom. The molecule has 0 aliphatic heterocycles. The third kappa shape index (κ3) is 4.17. The van der Waals surface area contributed by atoms with E-state index in [1.807, 2.05) is 0 Å². The number of amides is 1. The van der Waals surface area contributed by atoms with E-state index in [1.165, 1.54) is 14.2 Å². The van der Waals surface area contributed by atoms with Crippen LogP contribution < -0.4 is 0 Å². The van der Waals surface area contributed by atoms with Crippen LogP contribution in [0.1, 0.15) is 10.4 Å². The zero-order valence-electron chi connectivity index (χ0n) is 11.4. The summed E-state index contributed by atoms with van der Waals surface area (Å²) in [6.45, 7) is -0.250. The molecule has 0 fully saturated rings. The highest BCUT2D eigenvalue weighted by Crippen LogP contribution is 2.23. The van der Waals surface area contributed by atoms with Crippen LogP contribution in [0.3, 0.4) is 0 Å². The number of hydrogen-bond acceptors (Lipinski definition) is 5. The number of halogens is 2. The number of carbonyl (C=O) groups excluding carboxylic acids is 1. The third-order valence-corrected chi connectivity index (χ3v) is 2.64. The number of benzene rings is 1. The van der Waals surface area contributed by atoms with Crippen LogP contribution in [0.5, 0.6) is 0 Å². The Bertz CT molecular complexity index is 553. The normalized spacial score (nSPS) is 12.0. The van der Waals surface area contributed by atoms with Crippen molar-refractivity contribution in [1.29, 1.82) is 0 Å². The van der Waals surface area contributed by atoms with Gasteiger partial charge in [0.25, 0.3) is 5.91 Å². The Hall–Kier alpha value is -2.13. The van der Waals surface area contributed by atoms with Crippen molar-refractivity contribution in [3.05, 3.63) is 39.4 Å². The maximum absolute atomic E-state index is 13.9. The molecule has 1 N–H and O–H groups in total. The number of ether oxygens (including phenoxy) is 1. The van der Waals surface area contributed by atoms with E-state index < -0.39 is 39.8 Å². The lowest BCUT2D eigenvalue weighted by Crippen LogP contribution is -2.36. The van der Waals surface area contributed by atoms with Crippen LogP contribution in [0.15, 0.2) is 12.1 Å². The Balaban J connectivity index is 3.04. The molecule has 1 aromatic carbocycles. The molecular weight excluding hydrogens is 290 g/mol. The number of aliphatic hydroxyl groups is 1. The van der Waals surface area contributed by atoms with Gasteiger partial charge in [0.1, 0.15) is 5.82 Å². The molecule has 0 aliphatic rings. The van der Waals surface area contributed by atoms with Crippen molar-refractivity contribution < 1.29 is 28.3 Å². The summed E-state index contributed by atoms with van der Waals surface area (Å²) in [6, 6.07) is 0.968. The highest BCUT2D eigenvalue weighted by Gasteiger charge is 2.26. The Morgan fingerprint density at radius 3 is 2.67 bits per heavy atom. The highest BCUT2D eigenvalue weighted by molar-refractivity contribution is 5.95. The maximum Gasteiger partial charge on any atom is 0.308 e. The lowest BCUT2D eigenvalue weighted by Gasteiger charge is -2.20. The summed E-state index contributed by atoms with van der Waals surface area (Å²) in [5.74, 6) is -3.50. The first-order valence-corrected chi connectivity index (χ1v) is 5.83. The van der Waals surface area contributed by atoms with E-state index in [-0.39, 0.29) is 13.2 Å². The number of carbonyl (C=O) groups is 1. The molecule has 1 aromatic rings. The highest BCUT2D eigenvalue weighted by atomic mass is 19.1. The lowest BCUT2D eigenvalue weighted by molar-refractivity contribution is -0.387. The monoisotopic (exact) mass is 304 g/mol. The largest absolute Gasteiger partial charge is 0.389 e. The van der Waals surface area contributed by atoms with Gasteiger partial charge in [-0.25, -0.2) is 4.39 Å². The van der Waals surface area contributed by atoms with Crippen LogP contribution in [0.25, 0.3) is 0 Å². The number of aliphatic hydroxyl groups excluding tert-OH is 1. The Kier molecular flexibility index (Phi) is 5.68. The molecule has 116 valence electrons. The number of likely N-dealkylation sites (N-methyl/N-ethyl adjacent to an activating group) is 1. The van der Waals surface area contributed by atoms with Crippen LogP contribution in [-0.4, -0.2) is 54.3 Å². The average Bonchev–Trinajstić information content (AvgIpc) is 2.40. The summed E-state index contributed by atoms with van der Waals surface area (Å²) in [5.41, 5.74) is -1.89. The van der Waals surface area contributed by atoms with E-state index in [0.717, 1.165) is 4.90 Å². The minimum absolute atomic E-state index is 0.0522. The molecule has 0 bridgehead atoms. The van der Waals surface area contributed by atoms with Gasteiger partial charge in [0, 0.05) is 20.7 Å². The van der Waals surface area contributed by atoms with E-state index in [1.54, 1.807) is 0 Å². The molecule has 1 unspecified atom stereocenters. The molecule has 1 atom stereocenters. The fourth-order valence-corrected chi connectivity index (χ4v) is 1.71. The van der Waals surface area contributed by atoms with Crippen LogP contribution in [0, 0.1) is 21.7 Å². The second-order valence-corrected chi connectivity index (χ2v) is 4.34. The molecular formula is C12H14F2N2O5. The summed E-state index contributed by atoms with van der Waals surface area (Å²) >= 11 is 0. The first kappa shape index (κ1) is 16.9. The zero-order valence-corrected chi connectivity index (χ0v) is 11.4. The van der Waals surface area contributed by atoms with Crippen molar-refractivity contribution in [2.75, 3.05) is 27.3 Å². The summed E-state index contributed by atoms with van der Waals surface area (Å²) < 4.78 is 31.8. The molecule has 0 aliphatic carbocycles. The fourth-order valence-electron chi connectivity index (χ4n) is 1.71. The van der Waals surface area contributed by atoms with Gasteiger partial charge >= 0.3 is 5.69 Å². The van der Waals surface area contributed by atoms with Gasteiger partial charge in [0.15, 0.2) is 0 Å². The molecule has 1 rings (SSSR count). The number of rotatable bonds is 6. The van der Waals surface area contributed by atoms with Gasteiger partial charge in [-0.2, -0.15) is 4.39 Å². The number of hydrogen-bond donors (Lipinski definition) is 1. The van der Waals surface area contributed by atoms with Gasteiger partial charge in [-0.3, -0.25) is 14.9 Å². The van der Waals surface area contributed by atoms with E-state index in [9.17, 15) is 28.8 Å². The predicted molar refractivity (Wildman–Crippen MR) is 67.9 cm³/mol. The Morgan fingerprint density at radius 2 is 2.14 bits per heavy atom. The minimum atomic E-state index is -1.42. The fraction of sp³-hybridized carbons (Fsp3) is 0.417. The SMILES string of the molecule is COCC(O)CN(C)C(=O)c1cc(F)cc([N+](=O)[O-])c1F. The quantitative estimate of drug-likeness (QED) is 0.624. The van der Waals surface area contributed by atoms with Crippen LogP contribution in [-0.2, 0) is 4.74 Å². The third-order valence-electron chi connectivity index (χ3n) is 2.64. The molecule has 0 aromatic heterocycles. The van der Waals surface area contributed by atoms with Crippen LogP contribution in [0.4, 0.5) is 14.5 Å². The van der Waals surface area contributed by atoms with E-state index >= 15 is 0 Å². The van der Waals surface area contributed by atoms with E-state index in [2.05, 4.69) is 4.74 Å². The van der Waals surface area contributed by atoms with Crippen molar-refractivity contribution in [1.82, 2.24) is 4.90 Å². The molecule has 0 spiro atoms. The number of nitro groups is 1. The predicted octanol–water partition coefficient (Wildman–Crippen LogP) is 0.952. The molecule has 0 saturated heterocycles. The molecule has 0 saturated carbocycles. The Labute approximate surface area is 118 Å². The van der Waals surface area contributed by atoms with Gasteiger partial charge in [0.05, 0.1) is 29.3 Å². The van der Waals surface area contributed by atoms with Crippen LogP contribution >= 0.6 is 0 Å². The summed E-state index contributed by atoms with van der Waals surface area (Å²) in [5, 5.41) is 20.1. The first-order valence-electron chi connectivity index (χ1n) is 5.83. The van der Waals surface area contributed by atoms with Gasteiger partial charge in [-0.05, 0) is 6.07 Å². The topological polar surface area (TPSA) is 92.9 Å². The summed E-state index contributed by atoms with van der Waals surface area (Å²) in [4.78, 5) is 22.4. The maximum atomic E-state index is 13.9. The van der Waals surface area contributed by atoms with Crippen molar-refractivity contribution in [2.45, 2.75) is 6.10 Å². The standard InChI is InChI=1S/C12H14F2N2O5/c1-15(5-8(17)6-21-2)12(18)9-3-7(13)4-10(11(9)14)16(19)20/h3-4,8,17H,5-6H2,1-2H3.